The van der Waals surface area contributed by atoms with E-state index in [1.807, 2.05) is 37.0 Å². The molecule has 1 heterocycles. The Balaban J connectivity index is 2.31. The minimum atomic E-state index is -2.17. The first-order valence-corrected chi connectivity index (χ1v) is 17.6. The van der Waals surface area contributed by atoms with Gasteiger partial charge in [0.05, 0.1) is 17.4 Å². The van der Waals surface area contributed by atoms with Gasteiger partial charge in [-0.25, -0.2) is 4.79 Å². The number of hydrogen-bond acceptors (Lipinski definition) is 8. The number of carbonyl (C=O) groups is 2. The first kappa shape index (κ1) is 34.0. The quantitative estimate of drug-likeness (QED) is 0.0560. The van der Waals surface area contributed by atoms with Gasteiger partial charge in [0.1, 0.15) is 18.0 Å². The summed E-state index contributed by atoms with van der Waals surface area (Å²) in [6.07, 6.45) is 2.77. The highest BCUT2D eigenvalue weighted by atomic mass is 127. The molecule has 222 valence electrons. The normalized spacial score (nSPS) is 26.1. The number of ether oxygens (including phenoxy) is 3. The summed E-state index contributed by atoms with van der Waals surface area (Å²) in [5.41, 5.74) is 0.805. The van der Waals surface area contributed by atoms with Crippen molar-refractivity contribution in [3.05, 3.63) is 56.2 Å². The van der Waals surface area contributed by atoms with Gasteiger partial charge in [0.25, 0.3) is 5.69 Å². The maximum atomic E-state index is 13.1. The van der Waals surface area contributed by atoms with Gasteiger partial charge in [0, 0.05) is 18.1 Å². The van der Waals surface area contributed by atoms with Crippen molar-refractivity contribution in [1.29, 1.82) is 0 Å². The van der Waals surface area contributed by atoms with Crippen LogP contribution in [0.2, 0.25) is 18.1 Å². The second-order valence-electron chi connectivity index (χ2n) is 12.0. The smallest absolute Gasteiger partial charge is 0.457 e. The fourth-order valence-corrected chi connectivity index (χ4v) is 5.80. The van der Waals surface area contributed by atoms with Crippen LogP contribution in [-0.4, -0.2) is 43.7 Å². The molecule has 1 aliphatic heterocycles. The third kappa shape index (κ3) is 9.98. The number of nitro groups is 1. The molecule has 1 aliphatic rings. The number of halogens is 1. The molecular weight excluding hydrogens is 645 g/mol. The molecule has 5 atom stereocenters. The van der Waals surface area contributed by atoms with Gasteiger partial charge in [-0.2, -0.15) is 0 Å². The van der Waals surface area contributed by atoms with Crippen LogP contribution in [-0.2, 0) is 18.7 Å². The Bertz CT molecular complexity index is 1100. The molecule has 0 unspecified atom stereocenters. The van der Waals surface area contributed by atoms with Crippen molar-refractivity contribution in [2.24, 2.45) is 11.8 Å². The zero-order valence-corrected chi connectivity index (χ0v) is 27.8. The largest absolute Gasteiger partial charge is 0.514 e. The molecule has 0 spiro atoms. The highest BCUT2D eigenvalue weighted by molar-refractivity contribution is 14.1. The minimum absolute atomic E-state index is 0.0280. The number of benzene rings is 1. The number of hydrogen-bond donors (Lipinski definition) is 0. The number of cyclic esters (lactones) is 1. The molecule has 0 radical (unpaired) electrons. The topological polar surface area (TPSA) is 114 Å². The summed E-state index contributed by atoms with van der Waals surface area (Å²) in [5.74, 6) is -0.433. The summed E-state index contributed by atoms with van der Waals surface area (Å²) in [4.78, 5) is 36.2. The second-order valence-corrected chi connectivity index (χ2v) is 17.3. The Labute approximate surface area is 252 Å². The van der Waals surface area contributed by atoms with Crippen LogP contribution < -0.4 is 4.74 Å². The first-order valence-electron chi connectivity index (χ1n) is 13.5. The number of rotatable bonds is 6. The van der Waals surface area contributed by atoms with Gasteiger partial charge in [-0.15, -0.1) is 0 Å². The van der Waals surface area contributed by atoms with Crippen molar-refractivity contribution in [1.82, 2.24) is 0 Å². The van der Waals surface area contributed by atoms with Crippen molar-refractivity contribution >= 4 is 48.7 Å². The number of carbonyl (C=O) groups excluding carboxylic acids is 2. The molecule has 9 nitrogen and oxygen atoms in total. The van der Waals surface area contributed by atoms with Crippen molar-refractivity contribution in [3.8, 4) is 5.75 Å². The third-order valence-electron chi connectivity index (χ3n) is 7.61. The zero-order chi connectivity index (χ0) is 30.3. The monoisotopic (exact) mass is 687 g/mol. The van der Waals surface area contributed by atoms with Crippen LogP contribution in [0.5, 0.6) is 5.75 Å². The van der Waals surface area contributed by atoms with Gasteiger partial charge < -0.3 is 18.6 Å². The van der Waals surface area contributed by atoms with E-state index in [0.717, 1.165) is 5.57 Å². The average molecular weight is 688 g/mol. The van der Waals surface area contributed by atoms with Crippen molar-refractivity contribution in [2.75, 3.05) is 0 Å². The van der Waals surface area contributed by atoms with E-state index < -0.39 is 31.6 Å². The predicted molar refractivity (Wildman–Crippen MR) is 165 cm³/mol. The van der Waals surface area contributed by atoms with Gasteiger partial charge >= 0.3 is 12.1 Å². The summed E-state index contributed by atoms with van der Waals surface area (Å²) in [6, 6.07) is 5.22. The second kappa shape index (κ2) is 14.6. The summed E-state index contributed by atoms with van der Waals surface area (Å²) >= 11 is 2.14. The van der Waals surface area contributed by atoms with Crippen LogP contribution in [0.25, 0.3) is 0 Å². The van der Waals surface area contributed by atoms with Crippen molar-refractivity contribution < 1.29 is 33.1 Å². The van der Waals surface area contributed by atoms with Gasteiger partial charge in [0.15, 0.2) is 8.32 Å². The Morgan fingerprint density at radius 3 is 2.33 bits per heavy atom. The summed E-state index contributed by atoms with van der Waals surface area (Å²) in [7, 11) is -2.17. The summed E-state index contributed by atoms with van der Waals surface area (Å²) in [6.45, 7) is 16.7. The lowest BCUT2D eigenvalue weighted by atomic mass is 9.92. The zero-order valence-electron chi connectivity index (χ0n) is 24.6. The minimum Gasteiger partial charge on any atom is -0.457 e. The van der Waals surface area contributed by atoms with E-state index in [2.05, 4.69) is 56.5 Å². The van der Waals surface area contributed by atoms with Gasteiger partial charge in [-0.3, -0.25) is 14.9 Å². The summed E-state index contributed by atoms with van der Waals surface area (Å²) in [5, 5.41) is 10.9. The third-order valence-corrected chi connectivity index (χ3v) is 13.1. The molecule has 0 saturated carbocycles. The Kier molecular flexibility index (Phi) is 12.4. The molecule has 0 fully saturated rings. The molecule has 0 aromatic heterocycles. The molecule has 11 heteroatoms. The van der Waals surface area contributed by atoms with Crippen LogP contribution in [0.1, 0.15) is 60.8 Å². The van der Waals surface area contributed by atoms with Crippen LogP contribution in [0.4, 0.5) is 10.5 Å². The number of nitrogens with zero attached hydrogens (tertiary/aromatic N) is 1. The van der Waals surface area contributed by atoms with Crippen LogP contribution in [0.3, 0.4) is 0 Å². The van der Waals surface area contributed by atoms with E-state index in [1.54, 1.807) is 0 Å². The molecule has 0 N–H and O–H groups in total. The fraction of sp³-hybridized carbons (Fsp3) is 0.586. The van der Waals surface area contributed by atoms with Gasteiger partial charge in [-0.05, 0) is 71.7 Å². The molecular formula is C29H42INO8Si. The fourth-order valence-electron chi connectivity index (χ4n) is 4.06. The maximum absolute atomic E-state index is 13.1. The standard InChI is InChI=1S/C29H42INO8Si/c1-19-9-13-24(39-40(7,8)29(4,5)6)17-26(32)38-27(21(3)18-30)20(2)10-16-25(19)37-28(33)36-23-14-11-22(12-15-23)31(34)35/h10-12,14-16,18-20,24-25,27H,9,13,17H2,1-8H3/b16-10+,21-18+/t19-,20-,24+,25-,27-/m0/s1. The summed E-state index contributed by atoms with van der Waals surface area (Å²) < 4.78 is 25.5. The highest BCUT2D eigenvalue weighted by Crippen LogP contribution is 2.38. The molecule has 1 aromatic carbocycles. The molecule has 1 aromatic rings. The lowest BCUT2D eigenvalue weighted by Crippen LogP contribution is -2.45. The van der Waals surface area contributed by atoms with E-state index in [1.165, 1.54) is 24.3 Å². The molecule has 0 bridgehead atoms. The van der Waals surface area contributed by atoms with Crippen LogP contribution in [0, 0.1) is 22.0 Å². The predicted octanol–water partition coefficient (Wildman–Crippen LogP) is 8.13. The molecule has 2 rings (SSSR count). The molecule has 0 amide bonds. The number of nitro benzene ring substituents is 1. The number of non-ortho nitro benzene ring substituents is 1. The molecule has 0 saturated heterocycles. The lowest BCUT2D eigenvalue weighted by Gasteiger charge is -2.39. The maximum Gasteiger partial charge on any atom is 0.514 e. The molecule has 0 aliphatic carbocycles. The first-order chi connectivity index (χ1) is 18.5. The van der Waals surface area contributed by atoms with E-state index in [-0.39, 0.29) is 46.8 Å². The van der Waals surface area contributed by atoms with E-state index in [0.29, 0.717) is 12.8 Å². The van der Waals surface area contributed by atoms with E-state index >= 15 is 0 Å². The van der Waals surface area contributed by atoms with Gasteiger partial charge in [-0.1, -0.05) is 63.3 Å². The van der Waals surface area contributed by atoms with Gasteiger partial charge in [0.2, 0.25) is 0 Å². The SMILES string of the molecule is C/C(=C\I)[C@H]1OC(=O)C[C@H](O[Si](C)(C)C(C)(C)C)CC[C@H](C)[C@@H](OC(=O)Oc2ccc([N+](=O)[O-])cc2)/C=C/[C@@H]1C. The van der Waals surface area contributed by atoms with Crippen LogP contribution in [0.15, 0.2) is 46.1 Å². The Morgan fingerprint density at radius 2 is 1.77 bits per heavy atom. The van der Waals surface area contributed by atoms with E-state index in [9.17, 15) is 19.7 Å². The van der Waals surface area contributed by atoms with Crippen molar-refractivity contribution in [2.45, 2.75) is 97.2 Å². The van der Waals surface area contributed by atoms with Crippen LogP contribution >= 0.6 is 22.6 Å². The molecule has 40 heavy (non-hydrogen) atoms. The Morgan fingerprint density at radius 1 is 1.15 bits per heavy atom. The highest BCUT2D eigenvalue weighted by Gasteiger charge is 2.40. The van der Waals surface area contributed by atoms with Crippen molar-refractivity contribution in [3.63, 3.8) is 0 Å². The number of esters is 1. The average Bonchev–Trinajstić information content (AvgIpc) is 2.86. The Hall–Kier alpha value is -2.25. The van der Waals surface area contributed by atoms with E-state index in [4.69, 9.17) is 18.6 Å². The lowest BCUT2D eigenvalue weighted by molar-refractivity contribution is -0.384.